The van der Waals surface area contributed by atoms with Gasteiger partial charge >= 0.3 is 0 Å². The first-order valence-electron chi connectivity index (χ1n) is 5.23. The molecule has 0 saturated heterocycles. The Morgan fingerprint density at radius 2 is 2.27 bits per heavy atom. The van der Waals surface area contributed by atoms with Crippen LogP contribution in [0.4, 0.5) is 0 Å². The van der Waals surface area contributed by atoms with Crippen LogP contribution in [0.3, 0.4) is 0 Å². The molecule has 0 atom stereocenters. The van der Waals surface area contributed by atoms with E-state index in [-0.39, 0.29) is 0 Å². The van der Waals surface area contributed by atoms with Crippen LogP contribution in [0, 0.1) is 13.8 Å². The maximum Gasteiger partial charge on any atom is 0.125 e. The molecule has 0 unspecified atom stereocenters. The average Bonchev–Trinajstić information content (AvgIpc) is 2.24. The Balaban J connectivity index is 2.13. The summed E-state index contributed by atoms with van der Waals surface area (Å²) in [6.07, 6.45) is 0.826. The Labute approximate surface area is 90.1 Å². The van der Waals surface area contributed by atoms with E-state index in [1.54, 1.807) is 0 Å². The molecule has 0 aromatic heterocycles. The number of nitrogens with zero attached hydrogens (tertiary/aromatic N) is 1. The molecule has 0 amide bonds. The zero-order valence-corrected chi connectivity index (χ0v) is 9.21. The fourth-order valence-corrected chi connectivity index (χ4v) is 1.71. The second-order valence-electron chi connectivity index (χ2n) is 3.89. The first-order valence-corrected chi connectivity index (χ1v) is 5.23. The zero-order valence-electron chi connectivity index (χ0n) is 9.21. The first kappa shape index (κ1) is 10.2. The van der Waals surface area contributed by atoms with Crippen LogP contribution in [0.2, 0.25) is 0 Å². The molecule has 80 valence electrons. The molecule has 0 aliphatic carbocycles. The minimum atomic E-state index is 0.663. The number of aliphatic imine (C=N–C) groups is 1. The Morgan fingerprint density at radius 3 is 2.93 bits per heavy atom. The number of nitrogens with one attached hydrogen (secondary N) is 1. The Kier molecular flexibility index (Phi) is 3.02. The summed E-state index contributed by atoms with van der Waals surface area (Å²) in [6.45, 7) is 5.66. The second kappa shape index (κ2) is 4.45. The monoisotopic (exact) mass is 204 g/mol. The molecule has 0 saturated carbocycles. The Bertz CT molecular complexity index is 385. The van der Waals surface area contributed by atoms with Crippen molar-refractivity contribution in [1.29, 1.82) is 0 Å². The van der Waals surface area contributed by atoms with Gasteiger partial charge in [-0.1, -0.05) is 23.8 Å². The molecule has 1 aliphatic rings. The highest BCUT2D eigenvalue weighted by molar-refractivity contribution is 5.84. The van der Waals surface area contributed by atoms with Gasteiger partial charge in [0, 0.05) is 6.42 Å². The highest BCUT2D eigenvalue weighted by atomic mass is 16.6. The van der Waals surface area contributed by atoms with Crippen LogP contribution in [0.25, 0.3) is 0 Å². The largest absolute Gasteiger partial charge is 0.273 e. The number of rotatable bonds is 2. The zero-order chi connectivity index (χ0) is 10.7. The number of hydroxylamine groups is 1. The summed E-state index contributed by atoms with van der Waals surface area (Å²) in [7, 11) is 0. The molecule has 1 aliphatic heterocycles. The van der Waals surface area contributed by atoms with Crippen LogP contribution in [0.15, 0.2) is 23.2 Å². The highest BCUT2D eigenvalue weighted by Gasteiger charge is 2.07. The van der Waals surface area contributed by atoms with E-state index in [0.29, 0.717) is 6.61 Å². The fraction of sp³-hybridized carbons (Fsp3) is 0.417. The van der Waals surface area contributed by atoms with E-state index in [1.807, 2.05) is 0 Å². The topological polar surface area (TPSA) is 33.6 Å². The van der Waals surface area contributed by atoms with Crippen molar-refractivity contribution in [3.8, 4) is 0 Å². The van der Waals surface area contributed by atoms with E-state index < -0.39 is 0 Å². The van der Waals surface area contributed by atoms with Crippen molar-refractivity contribution in [1.82, 2.24) is 5.48 Å². The molecule has 1 N–H and O–H groups in total. The molecule has 0 bridgehead atoms. The Hall–Kier alpha value is -1.35. The third-order valence-electron chi connectivity index (χ3n) is 2.54. The summed E-state index contributed by atoms with van der Waals surface area (Å²) >= 11 is 0. The molecule has 1 heterocycles. The molecular formula is C12H16N2O. The smallest absolute Gasteiger partial charge is 0.125 e. The van der Waals surface area contributed by atoms with Gasteiger partial charge in [0.25, 0.3) is 0 Å². The summed E-state index contributed by atoms with van der Waals surface area (Å²) in [5.41, 5.74) is 6.77. The predicted molar refractivity (Wildman–Crippen MR) is 61.0 cm³/mol. The number of aryl methyl sites for hydroxylation is 2. The second-order valence-corrected chi connectivity index (χ2v) is 3.89. The van der Waals surface area contributed by atoms with Gasteiger partial charge in [0.05, 0.1) is 13.2 Å². The lowest BCUT2D eigenvalue weighted by Crippen LogP contribution is -2.31. The fourth-order valence-electron chi connectivity index (χ4n) is 1.71. The van der Waals surface area contributed by atoms with Crippen LogP contribution in [-0.4, -0.2) is 19.0 Å². The van der Waals surface area contributed by atoms with Crippen LogP contribution < -0.4 is 5.48 Å². The molecular weight excluding hydrogens is 188 g/mol. The van der Waals surface area contributed by atoms with E-state index in [1.165, 1.54) is 16.7 Å². The Morgan fingerprint density at radius 1 is 1.40 bits per heavy atom. The summed E-state index contributed by atoms with van der Waals surface area (Å²) in [6, 6.07) is 6.48. The lowest BCUT2D eigenvalue weighted by molar-refractivity contribution is 0.0807. The van der Waals surface area contributed by atoms with Crippen molar-refractivity contribution in [2.45, 2.75) is 20.3 Å². The maximum atomic E-state index is 5.14. The molecule has 0 radical (unpaired) electrons. The standard InChI is InChI=1S/C12H16N2O/c1-9-3-4-11(10(2)7-9)8-12-13-5-6-15-14-12/h3-4,7H,5-6,8H2,1-2H3,(H,13,14). The predicted octanol–water partition coefficient (Wildman–Crippen LogP) is 1.78. The number of benzene rings is 1. The lowest BCUT2D eigenvalue weighted by Gasteiger charge is -2.15. The van der Waals surface area contributed by atoms with Crippen LogP contribution in [-0.2, 0) is 11.3 Å². The van der Waals surface area contributed by atoms with Crippen molar-refractivity contribution in [2.75, 3.05) is 13.2 Å². The number of hydrogen-bond donors (Lipinski definition) is 1. The van der Waals surface area contributed by atoms with Crippen molar-refractivity contribution in [2.24, 2.45) is 4.99 Å². The molecule has 2 rings (SSSR count). The summed E-state index contributed by atoms with van der Waals surface area (Å²) < 4.78 is 0. The minimum Gasteiger partial charge on any atom is -0.273 e. The van der Waals surface area contributed by atoms with Gasteiger partial charge in [0.15, 0.2) is 0 Å². The molecule has 0 spiro atoms. The molecule has 0 fully saturated rings. The van der Waals surface area contributed by atoms with Gasteiger partial charge in [0.1, 0.15) is 5.84 Å². The number of hydrogen-bond acceptors (Lipinski definition) is 3. The maximum absolute atomic E-state index is 5.14. The van der Waals surface area contributed by atoms with Gasteiger partial charge in [0.2, 0.25) is 0 Å². The van der Waals surface area contributed by atoms with Crippen molar-refractivity contribution < 1.29 is 4.84 Å². The first-order chi connectivity index (χ1) is 7.25. The lowest BCUT2D eigenvalue weighted by atomic mass is 10.0. The van der Waals surface area contributed by atoms with E-state index in [0.717, 1.165) is 18.8 Å². The van der Waals surface area contributed by atoms with Crippen LogP contribution in [0.5, 0.6) is 0 Å². The molecule has 3 heteroatoms. The van der Waals surface area contributed by atoms with Crippen molar-refractivity contribution in [3.05, 3.63) is 34.9 Å². The molecule has 1 aromatic rings. The highest BCUT2D eigenvalue weighted by Crippen LogP contribution is 2.11. The van der Waals surface area contributed by atoms with Gasteiger partial charge in [-0.2, -0.15) is 0 Å². The van der Waals surface area contributed by atoms with Gasteiger partial charge in [-0.3, -0.25) is 15.3 Å². The third-order valence-corrected chi connectivity index (χ3v) is 2.54. The molecule has 1 aromatic carbocycles. The van der Waals surface area contributed by atoms with E-state index in [9.17, 15) is 0 Å². The van der Waals surface area contributed by atoms with Gasteiger partial charge in [-0.25, -0.2) is 0 Å². The van der Waals surface area contributed by atoms with E-state index >= 15 is 0 Å². The quantitative estimate of drug-likeness (QED) is 0.796. The average molecular weight is 204 g/mol. The van der Waals surface area contributed by atoms with Crippen LogP contribution >= 0.6 is 0 Å². The summed E-state index contributed by atoms with van der Waals surface area (Å²) in [4.78, 5) is 9.51. The third kappa shape index (κ3) is 2.57. The number of amidine groups is 1. The summed E-state index contributed by atoms with van der Waals surface area (Å²) in [5, 5.41) is 0. The van der Waals surface area contributed by atoms with Crippen molar-refractivity contribution >= 4 is 5.84 Å². The molecule has 3 nitrogen and oxygen atoms in total. The molecule has 15 heavy (non-hydrogen) atoms. The normalized spacial score (nSPS) is 15.7. The van der Waals surface area contributed by atoms with Gasteiger partial charge in [-0.15, -0.1) is 0 Å². The SMILES string of the molecule is Cc1ccc(CC2=NCCON2)c(C)c1. The van der Waals surface area contributed by atoms with Gasteiger partial charge < -0.3 is 0 Å². The summed E-state index contributed by atoms with van der Waals surface area (Å²) in [5.74, 6) is 0.924. The van der Waals surface area contributed by atoms with Crippen LogP contribution in [0.1, 0.15) is 16.7 Å². The van der Waals surface area contributed by atoms with Crippen molar-refractivity contribution in [3.63, 3.8) is 0 Å². The van der Waals surface area contributed by atoms with E-state index in [4.69, 9.17) is 4.84 Å². The van der Waals surface area contributed by atoms with Gasteiger partial charge in [-0.05, 0) is 25.0 Å². The minimum absolute atomic E-state index is 0.663. The van der Waals surface area contributed by atoms with E-state index in [2.05, 4.69) is 42.5 Å².